The van der Waals surface area contributed by atoms with Gasteiger partial charge in [-0.1, -0.05) is 20.8 Å². The van der Waals surface area contributed by atoms with Crippen molar-refractivity contribution in [2.75, 3.05) is 0 Å². The molecule has 2 heteroatoms. The molecule has 0 fully saturated rings. The van der Waals surface area contributed by atoms with E-state index in [0.29, 0.717) is 6.54 Å². The molecule has 1 rings (SSSR count). The van der Waals surface area contributed by atoms with Crippen LogP contribution in [0, 0.1) is 0 Å². The van der Waals surface area contributed by atoms with Crippen molar-refractivity contribution in [3.8, 4) is 0 Å². The summed E-state index contributed by atoms with van der Waals surface area (Å²) in [4.78, 5) is 0. The van der Waals surface area contributed by atoms with Gasteiger partial charge < -0.3 is 10.2 Å². The summed E-state index contributed by atoms with van der Waals surface area (Å²) in [6.07, 6.45) is 1.78. The number of hydrogen-bond donors (Lipinski definition) is 1. The van der Waals surface area contributed by atoms with E-state index in [9.17, 15) is 0 Å². The lowest BCUT2D eigenvalue weighted by Gasteiger charge is -2.14. The molecule has 0 saturated heterocycles. The first-order valence-electron chi connectivity index (χ1n) is 3.82. The summed E-state index contributed by atoms with van der Waals surface area (Å²) in [7, 11) is 0. The van der Waals surface area contributed by atoms with Gasteiger partial charge in [0.15, 0.2) is 0 Å². The Bertz CT molecular complexity index is 232. The van der Waals surface area contributed by atoms with E-state index in [1.807, 2.05) is 6.07 Å². The van der Waals surface area contributed by atoms with Gasteiger partial charge in [0.2, 0.25) is 0 Å². The summed E-state index contributed by atoms with van der Waals surface area (Å²) in [6, 6.07) is 2.01. The van der Waals surface area contributed by atoms with Crippen LogP contribution < -0.4 is 5.73 Å². The van der Waals surface area contributed by atoms with Crippen molar-refractivity contribution in [1.29, 1.82) is 0 Å². The largest absolute Gasteiger partial charge is 0.468 e. The van der Waals surface area contributed by atoms with Crippen LogP contribution in [-0.4, -0.2) is 0 Å². The Hall–Kier alpha value is -0.760. The summed E-state index contributed by atoms with van der Waals surface area (Å²) in [5.41, 5.74) is 6.78. The third-order valence-corrected chi connectivity index (χ3v) is 1.72. The Morgan fingerprint density at radius 2 is 2.09 bits per heavy atom. The predicted molar refractivity (Wildman–Crippen MR) is 45.3 cm³/mol. The third kappa shape index (κ3) is 1.84. The van der Waals surface area contributed by atoms with Crippen LogP contribution in [0.3, 0.4) is 0 Å². The minimum atomic E-state index is 0.164. The summed E-state index contributed by atoms with van der Waals surface area (Å²) >= 11 is 0. The topological polar surface area (TPSA) is 39.2 Å². The standard InChI is InChI=1S/C9H15NO/c1-9(2,3)7-4-8(5-10)11-6-7/h4,6H,5,10H2,1-3H3. The molecule has 0 aromatic carbocycles. The summed E-state index contributed by atoms with van der Waals surface area (Å²) in [5, 5.41) is 0. The maximum absolute atomic E-state index is 5.41. The molecule has 0 saturated carbocycles. The molecule has 2 N–H and O–H groups in total. The molecule has 0 radical (unpaired) electrons. The SMILES string of the molecule is CC(C)(C)c1coc(CN)c1. The maximum atomic E-state index is 5.41. The molecule has 0 bridgehead atoms. The predicted octanol–water partition coefficient (Wildman–Crippen LogP) is 2.04. The number of furan rings is 1. The highest BCUT2D eigenvalue weighted by Crippen LogP contribution is 2.23. The second-order valence-corrected chi connectivity index (χ2v) is 3.76. The quantitative estimate of drug-likeness (QED) is 0.670. The van der Waals surface area contributed by atoms with Gasteiger partial charge in [0.05, 0.1) is 12.8 Å². The van der Waals surface area contributed by atoms with Crippen molar-refractivity contribution >= 4 is 0 Å². The van der Waals surface area contributed by atoms with Gasteiger partial charge in [-0.15, -0.1) is 0 Å². The lowest BCUT2D eigenvalue weighted by Crippen LogP contribution is -2.09. The van der Waals surface area contributed by atoms with Gasteiger partial charge in [0.25, 0.3) is 0 Å². The van der Waals surface area contributed by atoms with Crippen molar-refractivity contribution in [2.24, 2.45) is 5.73 Å². The second-order valence-electron chi connectivity index (χ2n) is 3.76. The summed E-state index contributed by atoms with van der Waals surface area (Å²) < 4.78 is 5.22. The van der Waals surface area contributed by atoms with E-state index >= 15 is 0 Å². The van der Waals surface area contributed by atoms with E-state index in [-0.39, 0.29) is 5.41 Å². The molecule has 11 heavy (non-hydrogen) atoms. The van der Waals surface area contributed by atoms with Crippen molar-refractivity contribution in [3.05, 3.63) is 23.7 Å². The minimum absolute atomic E-state index is 0.164. The van der Waals surface area contributed by atoms with E-state index < -0.39 is 0 Å². The molecule has 0 unspecified atom stereocenters. The summed E-state index contributed by atoms with van der Waals surface area (Å²) in [6.45, 7) is 6.94. The van der Waals surface area contributed by atoms with Crippen LogP contribution in [0.15, 0.2) is 16.7 Å². The first kappa shape index (κ1) is 8.34. The molecule has 0 atom stereocenters. The molecule has 0 aliphatic heterocycles. The van der Waals surface area contributed by atoms with Gasteiger partial charge >= 0.3 is 0 Å². The van der Waals surface area contributed by atoms with Crippen LogP contribution in [0.1, 0.15) is 32.1 Å². The Balaban J connectivity index is 2.89. The third-order valence-electron chi connectivity index (χ3n) is 1.72. The van der Waals surface area contributed by atoms with Gasteiger partial charge in [-0.3, -0.25) is 0 Å². The molecular formula is C9H15NO. The fourth-order valence-electron chi connectivity index (χ4n) is 0.881. The zero-order chi connectivity index (χ0) is 8.48. The highest BCUT2D eigenvalue weighted by molar-refractivity contribution is 5.20. The van der Waals surface area contributed by atoms with Crippen molar-refractivity contribution in [1.82, 2.24) is 0 Å². The van der Waals surface area contributed by atoms with E-state index in [1.165, 1.54) is 5.56 Å². The lowest BCUT2D eigenvalue weighted by atomic mass is 9.89. The van der Waals surface area contributed by atoms with Gasteiger partial charge in [-0.2, -0.15) is 0 Å². The fourth-order valence-corrected chi connectivity index (χ4v) is 0.881. The lowest BCUT2D eigenvalue weighted by molar-refractivity contribution is 0.500. The van der Waals surface area contributed by atoms with Crippen molar-refractivity contribution in [2.45, 2.75) is 32.7 Å². The van der Waals surface area contributed by atoms with Crippen LogP contribution >= 0.6 is 0 Å². The van der Waals surface area contributed by atoms with Gasteiger partial charge in [0, 0.05) is 0 Å². The smallest absolute Gasteiger partial charge is 0.117 e. The van der Waals surface area contributed by atoms with Crippen molar-refractivity contribution < 1.29 is 4.42 Å². The molecule has 1 aromatic heterocycles. The van der Waals surface area contributed by atoms with Crippen LogP contribution in [0.2, 0.25) is 0 Å². The fraction of sp³-hybridized carbons (Fsp3) is 0.556. The molecule has 62 valence electrons. The molecule has 0 aliphatic carbocycles. The Labute approximate surface area is 67.4 Å². The molecule has 1 aromatic rings. The van der Waals surface area contributed by atoms with Crippen LogP contribution in [0.5, 0.6) is 0 Å². The molecule has 1 heterocycles. The zero-order valence-electron chi connectivity index (χ0n) is 7.35. The first-order chi connectivity index (χ1) is 5.04. The zero-order valence-corrected chi connectivity index (χ0v) is 7.35. The Morgan fingerprint density at radius 1 is 1.45 bits per heavy atom. The molecule has 0 spiro atoms. The number of rotatable bonds is 1. The number of nitrogens with two attached hydrogens (primary N) is 1. The van der Waals surface area contributed by atoms with Crippen molar-refractivity contribution in [3.63, 3.8) is 0 Å². The van der Waals surface area contributed by atoms with Gasteiger partial charge in [-0.25, -0.2) is 0 Å². The summed E-state index contributed by atoms with van der Waals surface area (Å²) in [5.74, 6) is 0.856. The van der Waals surface area contributed by atoms with Crippen LogP contribution in [0.25, 0.3) is 0 Å². The minimum Gasteiger partial charge on any atom is -0.468 e. The number of hydrogen-bond acceptors (Lipinski definition) is 2. The van der Waals surface area contributed by atoms with Crippen LogP contribution in [-0.2, 0) is 12.0 Å². The molecule has 0 aliphatic rings. The van der Waals surface area contributed by atoms with E-state index in [2.05, 4.69) is 20.8 Å². The Morgan fingerprint density at radius 3 is 2.36 bits per heavy atom. The normalized spacial score (nSPS) is 12.0. The monoisotopic (exact) mass is 153 g/mol. The highest BCUT2D eigenvalue weighted by atomic mass is 16.3. The van der Waals surface area contributed by atoms with E-state index in [1.54, 1.807) is 6.26 Å². The molecular weight excluding hydrogens is 138 g/mol. The average Bonchev–Trinajstić information content (AvgIpc) is 2.32. The molecule has 2 nitrogen and oxygen atoms in total. The van der Waals surface area contributed by atoms with E-state index in [4.69, 9.17) is 10.2 Å². The van der Waals surface area contributed by atoms with Gasteiger partial charge in [0.1, 0.15) is 5.76 Å². The molecule has 0 amide bonds. The first-order valence-corrected chi connectivity index (χ1v) is 3.82. The van der Waals surface area contributed by atoms with Gasteiger partial charge in [-0.05, 0) is 17.0 Å². The second kappa shape index (κ2) is 2.70. The Kier molecular flexibility index (Phi) is 2.05. The average molecular weight is 153 g/mol. The van der Waals surface area contributed by atoms with Crippen LogP contribution in [0.4, 0.5) is 0 Å². The maximum Gasteiger partial charge on any atom is 0.117 e. The van der Waals surface area contributed by atoms with E-state index in [0.717, 1.165) is 5.76 Å². The highest BCUT2D eigenvalue weighted by Gasteiger charge is 2.15.